The van der Waals surface area contributed by atoms with Gasteiger partial charge in [0.1, 0.15) is 17.4 Å². The Morgan fingerprint density at radius 1 is 1.10 bits per heavy atom. The molecule has 0 saturated carbocycles. The van der Waals surface area contributed by atoms with E-state index < -0.39 is 5.97 Å². The summed E-state index contributed by atoms with van der Waals surface area (Å²) >= 11 is 1.44. The van der Waals surface area contributed by atoms with Crippen LogP contribution in [0.15, 0.2) is 36.4 Å². The third kappa shape index (κ3) is 7.06. The van der Waals surface area contributed by atoms with Gasteiger partial charge in [-0.1, -0.05) is 49.8 Å². The molecule has 8 nitrogen and oxygen atoms in total. The number of anilines is 1. The molecule has 2 heterocycles. The number of carboxylic acid groups (broad SMARTS) is 1. The van der Waals surface area contributed by atoms with Crippen molar-refractivity contribution in [2.75, 3.05) is 37.7 Å². The van der Waals surface area contributed by atoms with E-state index in [1.165, 1.54) is 11.3 Å². The number of amides is 1. The van der Waals surface area contributed by atoms with Crippen LogP contribution in [0, 0.1) is 19.8 Å². The van der Waals surface area contributed by atoms with Gasteiger partial charge in [0.2, 0.25) is 5.13 Å². The predicted molar refractivity (Wildman–Crippen MR) is 160 cm³/mol. The highest BCUT2D eigenvalue weighted by Gasteiger charge is 2.25. The van der Waals surface area contributed by atoms with Gasteiger partial charge in [0.05, 0.1) is 5.92 Å². The highest BCUT2D eigenvalue weighted by atomic mass is 32.1. The molecule has 0 spiro atoms. The Morgan fingerprint density at radius 2 is 1.80 bits per heavy atom. The molecule has 1 saturated heterocycles. The molecule has 40 heavy (non-hydrogen) atoms. The van der Waals surface area contributed by atoms with Crippen LogP contribution in [0.1, 0.15) is 66.6 Å². The fourth-order valence-corrected chi connectivity index (χ4v) is 6.06. The molecule has 0 aliphatic carbocycles. The first-order valence-corrected chi connectivity index (χ1v) is 15.1. The zero-order valence-corrected chi connectivity index (χ0v) is 24.8. The van der Waals surface area contributed by atoms with E-state index in [2.05, 4.69) is 41.1 Å². The Balaban J connectivity index is 1.45. The number of aliphatic carboxylic acids is 1. The summed E-state index contributed by atoms with van der Waals surface area (Å²) in [6.07, 6.45) is 4.04. The molecule has 1 amide bonds. The second-order valence-corrected chi connectivity index (χ2v) is 11.4. The molecule has 3 aromatic rings. The lowest BCUT2D eigenvalue weighted by Gasteiger charge is -2.30. The van der Waals surface area contributed by atoms with Crippen molar-refractivity contribution >= 4 is 28.3 Å². The fraction of sp³-hybridized carbons (Fsp3) is 0.484. The molecule has 0 radical (unpaired) electrons. The van der Waals surface area contributed by atoms with Gasteiger partial charge in [-0.25, -0.2) is 0 Å². The number of ether oxygens (including phenoxy) is 1. The summed E-state index contributed by atoms with van der Waals surface area (Å²) < 4.78 is 6.18. The number of carbonyl (C=O) groups excluding carboxylic acids is 1. The van der Waals surface area contributed by atoms with Crippen molar-refractivity contribution in [3.63, 3.8) is 0 Å². The van der Waals surface area contributed by atoms with E-state index in [1.807, 2.05) is 38.1 Å². The van der Waals surface area contributed by atoms with Crippen LogP contribution in [0.4, 0.5) is 5.13 Å². The summed E-state index contributed by atoms with van der Waals surface area (Å²) in [5, 5.41) is 19.5. The molecule has 1 aliphatic heterocycles. The summed E-state index contributed by atoms with van der Waals surface area (Å²) in [6.45, 7) is 11.7. The van der Waals surface area contributed by atoms with Gasteiger partial charge >= 0.3 is 5.97 Å². The Kier molecular flexibility index (Phi) is 10.3. The van der Waals surface area contributed by atoms with Gasteiger partial charge in [0.15, 0.2) is 0 Å². The average Bonchev–Trinajstić information content (AvgIpc) is 3.44. The molecule has 1 aromatic heterocycles. The van der Waals surface area contributed by atoms with Gasteiger partial charge < -0.3 is 9.84 Å². The second-order valence-electron chi connectivity index (χ2n) is 10.5. The van der Waals surface area contributed by atoms with E-state index in [0.717, 1.165) is 77.5 Å². The highest BCUT2D eigenvalue weighted by molar-refractivity contribution is 7.18. The predicted octanol–water partition coefficient (Wildman–Crippen LogP) is 6.01. The monoisotopic (exact) mass is 564 g/mol. The van der Waals surface area contributed by atoms with Crippen LogP contribution in [0.3, 0.4) is 0 Å². The number of carbonyl (C=O) groups is 2. The highest BCUT2D eigenvalue weighted by Crippen LogP contribution is 2.34. The van der Waals surface area contributed by atoms with Crippen LogP contribution in [0.5, 0.6) is 5.75 Å². The summed E-state index contributed by atoms with van der Waals surface area (Å²) in [4.78, 5) is 28.8. The third-order valence-corrected chi connectivity index (χ3v) is 8.55. The molecule has 0 unspecified atom stereocenters. The number of piperidine rings is 1. The van der Waals surface area contributed by atoms with Crippen LogP contribution in [-0.4, -0.2) is 64.9 Å². The molecular formula is C31H40N4O4S. The smallest absolute Gasteiger partial charge is 0.306 e. The van der Waals surface area contributed by atoms with E-state index in [4.69, 9.17) is 4.74 Å². The van der Waals surface area contributed by atoms with Gasteiger partial charge in [0.25, 0.3) is 5.91 Å². The Labute approximate surface area is 241 Å². The molecule has 214 valence electrons. The quantitative estimate of drug-likeness (QED) is 0.288. The standard InChI is InChI=1S/C31H40N4O4S/c1-5-7-14-35(29(36)26-11-9-8-10-23(26)6-2)31-33-32-28(40-31)25-19-21(3)27(22(4)20-25)39-18-17-34-15-12-24(13-16-34)30(37)38/h8-11,19-20,24H,5-7,12-18H2,1-4H3,(H,37,38). The van der Waals surface area contributed by atoms with Crippen LogP contribution in [-0.2, 0) is 11.2 Å². The van der Waals surface area contributed by atoms with E-state index >= 15 is 0 Å². The maximum Gasteiger partial charge on any atom is 0.306 e. The summed E-state index contributed by atoms with van der Waals surface area (Å²) in [6, 6.07) is 11.9. The second kappa shape index (κ2) is 13.9. The first-order chi connectivity index (χ1) is 19.3. The van der Waals surface area contributed by atoms with Crippen molar-refractivity contribution in [3.05, 3.63) is 58.7 Å². The number of aryl methyl sites for hydroxylation is 3. The van der Waals surface area contributed by atoms with Gasteiger partial charge in [-0.3, -0.25) is 19.4 Å². The molecule has 9 heteroatoms. The van der Waals surface area contributed by atoms with Gasteiger partial charge in [-0.2, -0.15) is 0 Å². The van der Waals surface area contributed by atoms with Crippen LogP contribution in [0.25, 0.3) is 10.6 Å². The minimum Gasteiger partial charge on any atom is -0.492 e. The number of hydrogen-bond acceptors (Lipinski definition) is 7. The Hall–Kier alpha value is -3.30. The van der Waals surface area contributed by atoms with Gasteiger partial charge in [0, 0.05) is 24.2 Å². The SMILES string of the molecule is CCCCN(C(=O)c1ccccc1CC)c1nnc(-c2cc(C)c(OCCN3CCC(C(=O)O)CC3)c(C)c2)s1. The Morgan fingerprint density at radius 3 is 2.45 bits per heavy atom. The topological polar surface area (TPSA) is 95.9 Å². The van der Waals surface area contributed by atoms with Crippen molar-refractivity contribution in [2.24, 2.45) is 5.92 Å². The molecule has 1 fully saturated rings. The van der Waals surface area contributed by atoms with Crippen molar-refractivity contribution in [2.45, 2.75) is 59.8 Å². The van der Waals surface area contributed by atoms with Crippen molar-refractivity contribution in [3.8, 4) is 16.3 Å². The maximum absolute atomic E-state index is 13.6. The molecule has 1 N–H and O–H groups in total. The number of aromatic nitrogens is 2. The van der Waals surface area contributed by atoms with Crippen LogP contribution >= 0.6 is 11.3 Å². The third-order valence-electron chi connectivity index (χ3n) is 7.55. The van der Waals surface area contributed by atoms with E-state index in [0.29, 0.717) is 31.1 Å². The lowest BCUT2D eigenvalue weighted by molar-refractivity contribution is -0.143. The zero-order chi connectivity index (χ0) is 28.6. The minimum absolute atomic E-state index is 0.0307. The lowest BCUT2D eigenvalue weighted by Crippen LogP contribution is -2.38. The minimum atomic E-state index is -0.688. The van der Waals surface area contributed by atoms with E-state index in [1.54, 1.807) is 4.90 Å². The molecule has 2 aromatic carbocycles. The molecule has 0 bridgehead atoms. The van der Waals surface area contributed by atoms with E-state index in [-0.39, 0.29) is 11.8 Å². The largest absolute Gasteiger partial charge is 0.492 e. The summed E-state index contributed by atoms with van der Waals surface area (Å²) in [5.74, 6) is -0.0762. The number of unbranched alkanes of at least 4 members (excludes halogenated alkanes) is 1. The number of likely N-dealkylation sites (tertiary alicyclic amines) is 1. The normalized spacial score (nSPS) is 14.3. The molecule has 4 rings (SSSR count). The van der Waals surface area contributed by atoms with Crippen molar-refractivity contribution in [1.82, 2.24) is 15.1 Å². The van der Waals surface area contributed by atoms with Gasteiger partial charge in [-0.05, 0) is 87.5 Å². The molecular weight excluding hydrogens is 524 g/mol. The van der Waals surface area contributed by atoms with Gasteiger partial charge in [-0.15, -0.1) is 10.2 Å². The fourth-order valence-electron chi connectivity index (χ4n) is 5.21. The zero-order valence-electron chi connectivity index (χ0n) is 24.0. The first kappa shape index (κ1) is 29.7. The summed E-state index contributed by atoms with van der Waals surface area (Å²) in [7, 11) is 0. The lowest BCUT2D eigenvalue weighted by atomic mass is 9.97. The number of nitrogens with zero attached hydrogens (tertiary/aromatic N) is 4. The number of carboxylic acids is 1. The van der Waals surface area contributed by atoms with Crippen molar-refractivity contribution < 1.29 is 19.4 Å². The number of rotatable bonds is 12. The Bertz CT molecular complexity index is 1290. The number of hydrogen-bond donors (Lipinski definition) is 1. The molecule has 0 atom stereocenters. The van der Waals surface area contributed by atoms with E-state index in [9.17, 15) is 14.7 Å². The average molecular weight is 565 g/mol. The molecule has 1 aliphatic rings. The first-order valence-electron chi connectivity index (χ1n) is 14.2. The summed E-state index contributed by atoms with van der Waals surface area (Å²) in [5.41, 5.74) is 4.75. The van der Waals surface area contributed by atoms with Crippen molar-refractivity contribution in [1.29, 1.82) is 0 Å². The van der Waals surface area contributed by atoms with Crippen LogP contribution in [0.2, 0.25) is 0 Å². The maximum atomic E-state index is 13.6. The van der Waals surface area contributed by atoms with Crippen LogP contribution < -0.4 is 9.64 Å². The number of benzene rings is 2.